The summed E-state index contributed by atoms with van der Waals surface area (Å²) in [6.45, 7) is 0.128. The lowest BCUT2D eigenvalue weighted by Crippen LogP contribution is -2.50. The molecule has 44 heavy (non-hydrogen) atoms. The minimum absolute atomic E-state index is 0.0343. The maximum Gasteiger partial charge on any atom is 0.244 e. The van der Waals surface area contributed by atoms with Gasteiger partial charge in [0.05, 0.1) is 12.7 Å². The molecule has 3 heterocycles. The van der Waals surface area contributed by atoms with Gasteiger partial charge >= 0.3 is 0 Å². The molecule has 6 amide bonds. The second-order valence-electron chi connectivity index (χ2n) is 11.0. The highest BCUT2D eigenvalue weighted by molar-refractivity contribution is 5.97. The van der Waals surface area contributed by atoms with E-state index in [9.17, 15) is 28.8 Å². The lowest BCUT2D eigenvalue weighted by atomic mass is 9.85. The molecule has 1 aromatic heterocycles. The third-order valence-electron chi connectivity index (χ3n) is 7.78. The summed E-state index contributed by atoms with van der Waals surface area (Å²) in [5.74, 6) is -2.67. The summed E-state index contributed by atoms with van der Waals surface area (Å²) in [6, 6.07) is 8.39. The van der Waals surface area contributed by atoms with E-state index in [0.717, 1.165) is 12.2 Å². The number of nitrogens with one attached hydrogen (secondary N) is 5. The lowest BCUT2D eigenvalue weighted by Gasteiger charge is -2.29. The Bertz CT molecular complexity index is 1380. The molecule has 13 heteroatoms. The number of amides is 6. The number of primary amides is 1. The van der Waals surface area contributed by atoms with Gasteiger partial charge in [-0.1, -0.05) is 24.3 Å². The molecule has 0 saturated heterocycles. The van der Waals surface area contributed by atoms with Gasteiger partial charge in [-0.05, 0) is 55.4 Å². The van der Waals surface area contributed by atoms with Crippen LogP contribution in [0, 0.1) is 5.92 Å². The maximum absolute atomic E-state index is 13.4. The number of hydrogen-bond donors (Lipinski definition) is 6. The smallest absolute Gasteiger partial charge is 0.244 e. The van der Waals surface area contributed by atoms with Gasteiger partial charge in [0.25, 0.3) is 0 Å². The number of carbonyl (C=O) groups is 6. The number of hydrogen-bond acceptors (Lipinski definition) is 7. The number of furan rings is 1. The zero-order valence-corrected chi connectivity index (χ0v) is 24.3. The van der Waals surface area contributed by atoms with Gasteiger partial charge in [-0.25, -0.2) is 0 Å². The Morgan fingerprint density at radius 1 is 0.795 bits per heavy atom. The van der Waals surface area contributed by atoms with Crippen molar-refractivity contribution in [3.63, 3.8) is 0 Å². The van der Waals surface area contributed by atoms with E-state index >= 15 is 0 Å². The summed E-state index contributed by atoms with van der Waals surface area (Å²) in [4.78, 5) is 76.0. The Hall–Kier alpha value is -4.94. The average molecular weight is 607 g/mol. The first-order valence-electron chi connectivity index (χ1n) is 14.7. The molecule has 1 saturated carbocycles. The Kier molecular flexibility index (Phi) is 11.3. The molecular weight excluding hydrogens is 568 g/mol. The highest BCUT2D eigenvalue weighted by atomic mass is 16.3. The van der Waals surface area contributed by atoms with Crippen LogP contribution < -0.4 is 32.3 Å². The molecule has 2 bridgehead atoms. The van der Waals surface area contributed by atoms with Gasteiger partial charge < -0.3 is 36.7 Å². The van der Waals surface area contributed by atoms with Crippen LogP contribution in [0.1, 0.15) is 49.0 Å². The lowest BCUT2D eigenvalue weighted by molar-refractivity contribution is -0.132. The van der Waals surface area contributed by atoms with Crippen LogP contribution in [-0.4, -0.2) is 60.1 Å². The van der Waals surface area contributed by atoms with Gasteiger partial charge in [0.15, 0.2) is 0 Å². The SMILES string of the molecule is NC(=O)[C@@H]1CCNC(=O)/C=C/C(=O)NC2CCC(CC2)C(=O)N[C@@H](Cc2ccco2)C(=O)NCc2ccccc2CC(=O)N1. The maximum atomic E-state index is 13.4. The molecule has 2 atom stereocenters. The molecule has 3 aliphatic rings. The van der Waals surface area contributed by atoms with Crippen molar-refractivity contribution in [2.45, 2.75) is 69.6 Å². The van der Waals surface area contributed by atoms with Gasteiger partial charge in [-0.3, -0.25) is 28.8 Å². The largest absolute Gasteiger partial charge is 0.469 e. The quantitative estimate of drug-likeness (QED) is 0.280. The molecule has 2 aromatic rings. The highest BCUT2D eigenvalue weighted by Gasteiger charge is 2.30. The fraction of sp³-hybridized carbons (Fsp3) is 0.419. The molecule has 5 rings (SSSR count). The molecule has 1 aromatic carbocycles. The van der Waals surface area contributed by atoms with Crippen LogP contribution in [0.25, 0.3) is 0 Å². The predicted octanol–water partition coefficient (Wildman–Crippen LogP) is -0.113. The van der Waals surface area contributed by atoms with Gasteiger partial charge in [-0.2, -0.15) is 0 Å². The summed E-state index contributed by atoms with van der Waals surface area (Å²) >= 11 is 0. The summed E-state index contributed by atoms with van der Waals surface area (Å²) in [5.41, 5.74) is 6.79. The van der Waals surface area contributed by atoms with Crippen molar-refractivity contribution >= 4 is 35.4 Å². The van der Waals surface area contributed by atoms with Crippen LogP contribution in [0.5, 0.6) is 0 Å². The van der Waals surface area contributed by atoms with Crippen molar-refractivity contribution in [2.75, 3.05) is 6.54 Å². The Labute approximate surface area is 254 Å². The van der Waals surface area contributed by atoms with E-state index in [4.69, 9.17) is 10.2 Å². The van der Waals surface area contributed by atoms with Gasteiger partial charge in [0.1, 0.15) is 17.8 Å². The van der Waals surface area contributed by atoms with E-state index in [0.29, 0.717) is 42.6 Å². The van der Waals surface area contributed by atoms with E-state index in [2.05, 4.69) is 26.6 Å². The van der Waals surface area contributed by atoms with Gasteiger partial charge in [-0.15, -0.1) is 0 Å². The molecule has 13 nitrogen and oxygen atoms in total. The number of fused-ring (bicyclic) bond motifs is 17. The van der Waals surface area contributed by atoms with Crippen LogP contribution in [-0.2, 0) is 48.2 Å². The third kappa shape index (κ3) is 9.54. The van der Waals surface area contributed by atoms with Crippen LogP contribution in [0.2, 0.25) is 0 Å². The second-order valence-corrected chi connectivity index (χ2v) is 11.0. The second kappa shape index (κ2) is 15.5. The number of nitrogens with two attached hydrogens (primary N) is 1. The summed E-state index contributed by atoms with van der Waals surface area (Å²) in [7, 11) is 0. The zero-order valence-electron chi connectivity index (χ0n) is 24.3. The molecule has 0 radical (unpaired) electrons. The molecule has 1 aliphatic carbocycles. The molecule has 0 spiro atoms. The summed E-state index contributed by atoms with van der Waals surface area (Å²) < 4.78 is 5.43. The number of rotatable bonds is 3. The van der Waals surface area contributed by atoms with Crippen molar-refractivity contribution in [2.24, 2.45) is 11.7 Å². The Morgan fingerprint density at radius 3 is 2.23 bits per heavy atom. The van der Waals surface area contributed by atoms with E-state index in [1.165, 1.54) is 6.26 Å². The number of benzene rings is 1. The molecule has 234 valence electrons. The first-order valence-corrected chi connectivity index (χ1v) is 14.7. The first-order chi connectivity index (χ1) is 21.2. The van der Waals surface area contributed by atoms with E-state index in [1.807, 2.05) is 0 Å². The van der Waals surface area contributed by atoms with Crippen LogP contribution >= 0.6 is 0 Å². The normalized spacial score (nSPS) is 25.2. The predicted molar refractivity (Wildman–Crippen MR) is 158 cm³/mol. The fourth-order valence-electron chi connectivity index (χ4n) is 5.34. The highest BCUT2D eigenvalue weighted by Crippen LogP contribution is 2.25. The van der Waals surface area contributed by atoms with Crippen molar-refractivity contribution < 1.29 is 33.2 Å². The van der Waals surface area contributed by atoms with E-state index in [1.54, 1.807) is 36.4 Å². The molecule has 1 fully saturated rings. The third-order valence-corrected chi connectivity index (χ3v) is 7.78. The monoisotopic (exact) mass is 606 g/mol. The summed E-state index contributed by atoms with van der Waals surface area (Å²) in [6.07, 6.45) is 5.99. The first kappa shape index (κ1) is 32.0. The standard InChI is InChI=1S/C31H38N6O7/c32-29(41)24-13-14-33-26(38)11-12-27(39)35-22-9-7-19(8-10-22)30(42)37-25(17-23-6-3-15-44-23)31(43)34-18-21-5-2-1-4-20(21)16-28(40)36-24/h1-6,11-12,15,19,22,24-25H,7-10,13-14,16-18H2,(H2,32,41)(H,33,38)(H,34,43)(H,35,39)(H,36,40)(H,37,42)/b12-11+/t19?,22?,24-,25-/m0/s1. The topological polar surface area (TPSA) is 202 Å². The minimum Gasteiger partial charge on any atom is -0.469 e. The molecule has 0 unspecified atom stereocenters. The molecule has 2 aliphatic heterocycles. The van der Waals surface area contributed by atoms with E-state index < -0.39 is 41.6 Å². The van der Waals surface area contributed by atoms with Crippen molar-refractivity contribution in [1.29, 1.82) is 0 Å². The van der Waals surface area contributed by atoms with Crippen molar-refractivity contribution in [1.82, 2.24) is 26.6 Å². The Morgan fingerprint density at radius 2 is 1.52 bits per heavy atom. The fourth-order valence-corrected chi connectivity index (χ4v) is 5.34. The summed E-state index contributed by atoms with van der Waals surface area (Å²) in [5, 5.41) is 13.8. The van der Waals surface area contributed by atoms with Crippen molar-refractivity contribution in [3.8, 4) is 0 Å². The van der Waals surface area contributed by atoms with Crippen molar-refractivity contribution in [3.05, 3.63) is 71.7 Å². The zero-order chi connectivity index (χ0) is 31.5. The average Bonchev–Trinajstić information content (AvgIpc) is 3.51. The van der Waals surface area contributed by atoms with Crippen LogP contribution in [0.3, 0.4) is 0 Å². The number of carbonyl (C=O) groups excluding carboxylic acids is 6. The molecular formula is C31H38N6O7. The Balaban J connectivity index is 1.52. The van der Waals surface area contributed by atoms with E-state index in [-0.39, 0.29) is 50.2 Å². The van der Waals surface area contributed by atoms with Gasteiger partial charge in [0, 0.05) is 43.6 Å². The van der Waals surface area contributed by atoms with Crippen LogP contribution in [0.4, 0.5) is 0 Å². The van der Waals surface area contributed by atoms with Crippen LogP contribution in [0.15, 0.2) is 59.2 Å². The minimum atomic E-state index is -1.03. The van der Waals surface area contributed by atoms with Gasteiger partial charge in [0.2, 0.25) is 35.4 Å². The molecule has 7 N–H and O–H groups in total.